The van der Waals surface area contributed by atoms with Crippen molar-refractivity contribution in [2.75, 3.05) is 17.2 Å². The van der Waals surface area contributed by atoms with Gasteiger partial charge in [-0.15, -0.1) is 0 Å². The van der Waals surface area contributed by atoms with Crippen molar-refractivity contribution >= 4 is 48.3 Å². The average molecular weight is 396 g/mol. The molecule has 0 aliphatic carbocycles. The SMILES string of the molecule is CC(C)(C)c1nc(N2CC(CS(N)(=O)=O)CC2=O)sc1Br. The number of sulfonamides is 1. The van der Waals surface area contributed by atoms with Gasteiger partial charge in [-0.1, -0.05) is 32.1 Å². The summed E-state index contributed by atoms with van der Waals surface area (Å²) in [6.45, 7) is 6.49. The largest absolute Gasteiger partial charge is 0.288 e. The molecular weight excluding hydrogens is 378 g/mol. The van der Waals surface area contributed by atoms with E-state index in [0.717, 1.165) is 9.48 Å². The second-order valence-corrected chi connectivity index (χ2v) is 10.2. The summed E-state index contributed by atoms with van der Waals surface area (Å²) < 4.78 is 23.2. The number of nitrogens with zero attached hydrogens (tertiary/aromatic N) is 2. The van der Waals surface area contributed by atoms with E-state index in [1.54, 1.807) is 4.90 Å². The van der Waals surface area contributed by atoms with Crippen LogP contribution < -0.4 is 10.0 Å². The first-order valence-corrected chi connectivity index (χ1v) is 9.77. The lowest BCUT2D eigenvalue weighted by Gasteiger charge is -2.16. The summed E-state index contributed by atoms with van der Waals surface area (Å²) in [6.07, 6.45) is 0.193. The molecule has 9 heteroatoms. The van der Waals surface area contributed by atoms with Crippen molar-refractivity contribution in [1.29, 1.82) is 0 Å². The highest BCUT2D eigenvalue weighted by molar-refractivity contribution is 9.11. The van der Waals surface area contributed by atoms with Crippen LogP contribution in [0.25, 0.3) is 0 Å². The number of hydrogen-bond acceptors (Lipinski definition) is 5. The van der Waals surface area contributed by atoms with E-state index in [9.17, 15) is 13.2 Å². The smallest absolute Gasteiger partial charge is 0.229 e. The van der Waals surface area contributed by atoms with E-state index < -0.39 is 10.0 Å². The molecule has 1 aromatic rings. The van der Waals surface area contributed by atoms with Crippen LogP contribution in [0.2, 0.25) is 0 Å². The molecule has 0 aromatic carbocycles. The van der Waals surface area contributed by atoms with Gasteiger partial charge in [-0.05, 0) is 15.9 Å². The molecule has 1 aliphatic rings. The second kappa shape index (κ2) is 5.60. The first-order valence-electron chi connectivity index (χ1n) is 6.45. The van der Waals surface area contributed by atoms with Gasteiger partial charge in [0.05, 0.1) is 15.2 Å². The van der Waals surface area contributed by atoms with E-state index in [2.05, 4.69) is 20.9 Å². The molecule has 0 spiro atoms. The highest BCUT2D eigenvalue weighted by Gasteiger charge is 2.35. The van der Waals surface area contributed by atoms with Gasteiger partial charge in [0.2, 0.25) is 15.9 Å². The Morgan fingerprint density at radius 2 is 2.10 bits per heavy atom. The van der Waals surface area contributed by atoms with Crippen LogP contribution in [0.15, 0.2) is 3.79 Å². The molecule has 21 heavy (non-hydrogen) atoms. The van der Waals surface area contributed by atoms with Crippen molar-refractivity contribution in [3.05, 3.63) is 9.48 Å². The number of thiazole rings is 1. The van der Waals surface area contributed by atoms with Crippen molar-refractivity contribution in [2.24, 2.45) is 11.1 Å². The van der Waals surface area contributed by atoms with Gasteiger partial charge in [-0.25, -0.2) is 18.5 Å². The number of primary sulfonamides is 1. The van der Waals surface area contributed by atoms with Crippen LogP contribution in [0.3, 0.4) is 0 Å². The topological polar surface area (TPSA) is 93.4 Å². The molecule has 0 saturated carbocycles. The summed E-state index contributed by atoms with van der Waals surface area (Å²) in [6, 6.07) is 0. The van der Waals surface area contributed by atoms with Crippen LogP contribution in [-0.4, -0.2) is 31.6 Å². The van der Waals surface area contributed by atoms with E-state index in [1.165, 1.54) is 11.3 Å². The second-order valence-electron chi connectivity index (χ2n) is 6.27. The molecular formula is C12H18BrN3O3S2. The van der Waals surface area contributed by atoms with Gasteiger partial charge >= 0.3 is 0 Å². The third-order valence-corrected chi connectivity index (χ3v) is 5.85. The number of halogens is 1. The van der Waals surface area contributed by atoms with E-state index in [-0.39, 0.29) is 29.4 Å². The van der Waals surface area contributed by atoms with Gasteiger partial charge in [0.15, 0.2) is 5.13 Å². The van der Waals surface area contributed by atoms with Crippen molar-refractivity contribution in [1.82, 2.24) is 4.98 Å². The minimum atomic E-state index is -3.57. The number of nitrogens with two attached hydrogens (primary N) is 1. The summed E-state index contributed by atoms with van der Waals surface area (Å²) >= 11 is 4.88. The number of aromatic nitrogens is 1. The van der Waals surface area contributed by atoms with Crippen molar-refractivity contribution < 1.29 is 13.2 Å². The maximum Gasteiger partial charge on any atom is 0.229 e. The molecule has 1 aromatic heterocycles. The predicted molar refractivity (Wildman–Crippen MR) is 86.9 cm³/mol. The Balaban J connectivity index is 2.22. The number of carbonyl (C=O) groups excluding carboxylic acids is 1. The Morgan fingerprint density at radius 1 is 1.48 bits per heavy atom. The molecule has 0 radical (unpaired) electrons. The fraction of sp³-hybridized carbons (Fsp3) is 0.667. The van der Waals surface area contributed by atoms with Crippen LogP contribution in [0, 0.1) is 5.92 Å². The van der Waals surface area contributed by atoms with E-state index >= 15 is 0 Å². The van der Waals surface area contributed by atoms with Gasteiger partial charge in [0, 0.05) is 24.3 Å². The normalized spacial score (nSPS) is 20.3. The first-order chi connectivity index (χ1) is 9.47. The highest BCUT2D eigenvalue weighted by Crippen LogP contribution is 2.39. The number of amides is 1. The Morgan fingerprint density at radius 3 is 2.57 bits per heavy atom. The monoisotopic (exact) mass is 395 g/mol. The van der Waals surface area contributed by atoms with Crippen molar-refractivity contribution in [3.63, 3.8) is 0 Å². The van der Waals surface area contributed by atoms with Crippen molar-refractivity contribution in [2.45, 2.75) is 32.6 Å². The van der Waals surface area contributed by atoms with Crippen LogP contribution in [0.4, 0.5) is 5.13 Å². The highest BCUT2D eigenvalue weighted by atomic mass is 79.9. The molecule has 118 valence electrons. The number of anilines is 1. The quantitative estimate of drug-likeness (QED) is 0.844. The van der Waals surface area contributed by atoms with Crippen LogP contribution >= 0.6 is 27.3 Å². The molecule has 2 rings (SSSR count). The fourth-order valence-electron chi connectivity index (χ4n) is 2.28. The fourth-order valence-corrected chi connectivity index (χ4v) is 5.31. The Labute approximate surface area is 136 Å². The molecule has 2 N–H and O–H groups in total. The molecule has 6 nitrogen and oxygen atoms in total. The van der Waals surface area contributed by atoms with Crippen molar-refractivity contribution in [3.8, 4) is 0 Å². The minimum Gasteiger partial charge on any atom is -0.288 e. The summed E-state index contributed by atoms with van der Waals surface area (Å²) in [7, 11) is -3.57. The maximum absolute atomic E-state index is 12.1. The molecule has 1 atom stereocenters. The van der Waals surface area contributed by atoms with Crippen LogP contribution in [-0.2, 0) is 20.2 Å². The summed E-state index contributed by atoms with van der Waals surface area (Å²) in [4.78, 5) is 18.2. The zero-order chi connectivity index (χ0) is 16.0. The lowest BCUT2D eigenvalue weighted by Crippen LogP contribution is -2.27. The third-order valence-electron chi connectivity index (χ3n) is 3.19. The summed E-state index contributed by atoms with van der Waals surface area (Å²) in [5.41, 5.74) is 0.765. The molecule has 1 fully saturated rings. The molecule has 1 saturated heterocycles. The summed E-state index contributed by atoms with van der Waals surface area (Å²) in [5, 5.41) is 5.66. The Bertz CT molecular complexity index is 664. The molecule has 2 heterocycles. The number of carbonyl (C=O) groups is 1. The van der Waals surface area contributed by atoms with Gasteiger partial charge < -0.3 is 0 Å². The van der Waals surface area contributed by atoms with E-state index in [0.29, 0.717) is 11.7 Å². The maximum atomic E-state index is 12.1. The Kier molecular flexibility index (Phi) is 4.50. The van der Waals surface area contributed by atoms with Gasteiger partial charge in [-0.3, -0.25) is 9.69 Å². The zero-order valence-electron chi connectivity index (χ0n) is 12.1. The Hall–Kier alpha value is -0.510. The third kappa shape index (κ3) is 4.02. The molecule has 1 amide bonds. The van der Waals surface area contributed by atoms with E-state index in [4.69, 9.17) is 5.14 Å². The molecule has 0 bridgehead atoms. The lowest BCUT2D eigenvalue weighted by molar-refractivity contribution is -0.117. The molecule has 1 unspecified atom stereocenters. The lowest BCUT2D eigenvalue weighted by atomic mass is 9.93. The standard InChI is InChI=1S/C12H18BrN3O3S2/c1-12(2,3)9-10(13)20-11(15-9)16-5-7(4-8(16)17)6-21(14,18)19/h7H,4-6H2,1-3H3,(H2,14,18,19). The van der Waals surface area contributed by atoms with Gasteiger partial charge in [0.25, 0.3) is 0 Å². The number of rotatable bonds is 3. The van der Waals surface area contributed by atoms with E-state index in [1.807, 2.05) is 20.8 Å². The van der Waals surface area contributed by atoms with Gasteiger partial charge in [-0.2, -0.15) is 0 Å². The predicted octanol–water partition coefficient (Wildman–Crippen LogP) is 1.84. The first kappa shape index (κ1) is 16.9. The summed E-state index contributed by atoms with van der Waals surface area (Å²) in [5.74, 6) is -0.549. The van der Waals surface area contributed by atoms with Gasteiger partial charge in [0.1, 0.15) is 0 Å². The molecule has 1 aliphatic heterocycles. The van der Waals surface area contributed by atoms with Crippen LogP contribution in [0.1, 0.15) is 32.9 Å². The minimum absolute atomic E-state index is 0.106. The zero-order valence-corrected chi connectivity index (χ0v) is 15.3. The average Bonchev–Trinajstić information content (AvgIpc) is 2.78. The van der Waals surface area contributed by atoms with Crippen LogP contribution in [0.5, 0.6) is 0 Å². The number of hydrogen-bond donors (Lipinski definition) is 1.